The lowest BCUT2D eigenvalue weighted by Gasteiger charge is -2.23. The third-order valence-corrected chi connectivity index (χ3v) is 2.03. The molecular formula is C7H13N2O2+. The molecule has 4 nitrogen and oxygen atoms in total. The number of amides is 1. The van der Waals surface area contributed by atoms with Crippen molar-refractivity contribution in [2.75, 3.05) is 20.3 Å². The summed E-state index contributed by atoms with van der Waals surface area (Å²) in [5.74, 6) is 0. The Morgan fingerprint density at radius 2 is 2.45 bits per heavy atom. The molecule has 0 aromatic carbocycles. The highest BCUT2D eigenvalue weighted by Crippen LogP contribution is 2.16. The van der Waals surface area contributed by atoms with Crippen LogP contribution >= 0.6 is 0 Å². The van der Waals surface area contributed by atoms with Crippen molar-refractivity contribution < 1.29 is 14.4 Å². The standard InChI is InChI=1S/C7H12N2O2/c1-3-9(7(10)11)5-4-8(2)6-9/h4-5H,3,6H2,1-2H3/p+1. The van der Waals surface area contributed by atoms with Crippen molar-refractivity contribution in [3.05, 3.63) is 12.4 Å². The lowest BCUT2D eigenvalue weighted by atomic mass is 10.5. The van der Waals surface area contributed by atoms with Crippen LogP contribution in [-0.2, 0) is 0 Å². The Morgan fingerprint density at radius 3 is 2.64 bits per heavy atom. The Balaban J connectivity index is 2.80. The van der Waals surface area contributed by atoms with Crippen LogP contribution in [-0.4, -0.2) is 40.8 Å². The van der Waals surface area contributed by atoms with E-state index >= 15 is 0 Å². The van der Waals surface area contributed by atoms with Gasteiger partial charge >= 0.3 is 6.09 Å². The second-order valence-electron chi connectivity index (χ2n) is 2.83. The number of hydrogen-bond acceptors (Lipinski definition) is 2. The molecule has 1 aliphatic rings. The zero-order chi connectivity index (χ0) is 8.48. The minimum atomic E-state index is -0.784. The molecule has 0 aliphatic carbocycles. The lowest BCUT2D eigenvalue weighted by molar-refractivity contribution is -0.805. The number of nitrogens with zero attached hydrogens (tertiary/aromatic N) is 2. The molecule has 0 saturated heterocycles. The first-order valence-corrected chi connectivity index (χ1v) is 3.60. The first-order chi connectivity index (χ1) is 5.10. The Bertz CT molecular complexity index is 203. The van der Waals surface area contributed by atoms with E-state index in [1.165, 1.54) is 0 Å². The number of hydrogen-bond donors (Lipinski definition) is 1. The van der Waals surface area contributed by atoms with Crippen molar-refractivity contribution in [2.45, 2.75) is 6.92 Å². The fourth-order valence-electron chi connectivity index (χ4n) is 1.20. The van der Waals surface area contributed by atoms with Gasteiger partial charge in [-0.25, -0.2) is 0 Å². The van der Waals surface area contributed by atoms with Gasteiger partial charge in [0.2, 0.25) is 0 Å². The number of quaternary nitrogens is 1. The van der Waals surface area contributed by atoms with Gasteiger partial charge < -0.3 is 10.0 Å². The molecule has 1 atom stereocenters. The van der Waals surface area contributed by atoms with E-state index in [1.54, 1.807) is 12.4 Å². The van der Waals surface area contributed by atoms with Gasteiger partial charge in [0.1, 0.15) is 6.20 Å². The van der Waals surface area contributed by atoms with E-state index in [2.05, 4.69) is 0 Å². The molecule has 1 heterocycles. The van der Waals surface area contributed by atoms with Gasteiger partial charge in [0.05, 0.1) is 12.7 Å². The quantitative estimate of drug-likeness (QED) is 0.574. The summed E-state index contributed by atoms with van der Waals surface area (Å²) in [5.41, 5.74) is 0. The summed E-state index contributed by atoms with van der Waals surface area (Å²) in [4.78, 5) is 12.7. The largest absolute Gasteiger partial charge is 0.519 e. The topological polar surface area (TPSA) is 40.5 Å². The predicted molar refractivity (Wildman–Crippen MR) is 40.6 cm³/mol. The summed E-state index contributed by atoms with van der Waals surface area (Å²) in [6.07, 6.45) is 2.73. The smallest absolute Gasteiger partial charge is 0.435 e. The second kappa shape index (κ2) is 2.54. The van der Waals surface area contributed by atoms with Crippen molar-refractivity contribution >= 4 is 6.09 Å². The predicted octanol–water partition coefficient (Wildman–Crippen LogP) is 0.875. The van der Waals surface area contributed by atoms with Gasteiger partial charge in [-0.2, -0.15) is 9.28 Å². The Labute approximate surface area is 65.9 Å². The van der Waals surface area contributed by atoms with Crippen molar-refractivity contribution in [3.8, 4) is 0 Å². The van der Waals surface area contributed by atoms with E-state index < -0.39 is 6.09 Å². The molecule has 0 aromatic heterocycles. The highest BCUT2D eigenvalue weighted by molar-refractivity contribution is 5.57. The highest BCUT2D eigenvalue weighted by atomic mass is 16.4. The zero-order valence-electron chi connectivity index (χ0n) is 6.82. The van der Waals surface area contributed by atoms with Crippen molar-refractivity contribution in [1.82, 2.24) is 4.90 Å². The van der Waals surface area contributed by atoms with E-state index in [1.807, 2.05) is 18.9 Å². The summed E-state index contributed by atoms with van der Waals surface area (Å²) in [7, 11) is 1.87. The van der Waals surface area contributed by atoms with Crippen LogP contribution in [0.1, 0.15) is 6.92 Å². The fraction of sp³-hybridized carbons (Fsp3) is 0.571. The maximum atomic E-state index is 10.8. The molecule has 4 heteroatoms. The SMILES string of the molecule is CC[N+]1(C(=O)O)C=CN(C)C1. The first-order valence-electron chi connectivity index (χ1n) is 3.60. The maximum absolute atomic E-state index is 10.8. The summed E-state index contributed by atoms with van der Waals surface area (Å²) >= 11 is 0. The molecular weight excluding hydrogens is 144 g/mol. The number of carboxylic acid groups (broad SMARTS) is 1. The van der Waals surface area contributed by atoms with Gasteiger partial charge in [-0.15, -0.1) is 0 Å². The number of rotatable bonds is 1. The maximum Gasteiger partial charge on any atom is 0.519 e. The molecule has 0 radical (unpaired) electrons. The monoisotopic (exact) mass is 157 g/mol. The average Bonchev–Trinajstić information content (AvgIpc) is 2.33. The van der Waals surface area contributed by atoms with E-state index in [0.717, 1.165) is 0 Å². The van der Waals surface area contributed by atoms with Gasteiger partial charge in [0, 0.05) is 7.05 Å². The molecule has 1 N–H and O–H groups in total. The van der Waals surface area contributed by atoms with E-state index in [4.69, 9.17) is 5.11 Å². The second-order valence-corrected chi connectivity index (χ2v) is 2.83. The molecule has 1 rings (SSSR count). The van der Waals surface area contributed by atoms with Crippen LogP contribution in [0.3, 0.4) is 0 Å². The lowest BCUT2D eigenvalue weighted by Crippen LogP contribution is -2.48. The Hall–Kier alpha value is -1.03. The summed E-state index contributed by atoms with van der Waals surface area (Å²) < 4.78 is 0.0243. The van der Waals surface area contributed by atoms with Crippen LogP contribution in [0.25, 0.3) is 0 Å². The minimum Gasteiger partial charge on any atom is -0.435 e. The third-order valence-electron chi connectivity index (χ3n) is 2.03. The van der Waals surface area contributed by atoms with E-state index in [0.29, 0.717) is 13.2 Å². The number of carbonyl (C=O) groups is 1. The molecule has 1 unspecified atom stereocenters. The van der Waals surface area contributed by atoms with Gasteiger partial charge in [-0.1, -0.05) is 0 Å². The Kier molecular flexibility index (Phi) is 1.87. The zero-order valence-corrected chi connectivity index (χ0v) is 6.82. The van der Waals surface area contributed by atoms with Crippen molar-refractivity contribution in [3.63, 3.8) is 0 Å². The highest BCUT2D eigenvalue weighted by Gasteiger charge is 2.37. The normalized spacial score (nSPS) is 29.5. The van der Waals surface area contributed by atoms with Crippen molar-refractivity contribution in [2.24, 2.45) is 0 Å². The molecule has 62 valence electrons. The minimum absolute atomic E-state index is 0.0243. The molecule has 1 amide bonds. The van der Waals surface area contributed by atoms with Crippen LogP contribution in [0, 0.1) is 0 Å². The Morgan fingerprint density at radius 1 is 1.82 bits per heavy atom. The van der Waals surface area contributed by atoms with Crippen LogP contribution in [0.15, 0.2) is 12.4 Å². The van der Waals surface area contributed by atoms with E-state index in [9.17, 15) is 4.79 Å². The van der Waals surface area contributed by atoms with Gasteiger partial charge in [0.15, 0.2) is 6.67 Å². The average molecular weight is 157 g/mol. The molecule has 1 aliphatic heterocycles. The summed E-state index contributed by atoms with van der Waals surface area (Å²) in [6, 6.07) is 0. The van der Waals surface area contributed by atoms with Gasteiger partial charge in [-0.05, 0) is 6.92 Å². The molecule has 0 spiro atoms. The van der Waals surface area contributed by atoms with Crippen molar-refractivity contribution in [1.29, 1.82) is 0 Å². The molecule has 0 fully saturated rings. The van der Waals surface area contributed by atoms with Crippen LogP contribution < -0.4 is 0 Å². The summed E-state index contributed by atoms with van der Waals surface area (Å²) in [5, 5.41) is 8.88. The van der Waals surface area contributed by atoms with E-state index in [-0.39, 0.29) is 4.48 Å². The van der Waals surface area contributed by atoms with Crippen LogP contribution in [0.5, 0.6) is 0 Å². The first kappa shape index (κ1) is 8.07. The van der Waals surface area contributed by atoms with Crippen LogP contribution in [0.4, 0.5) is 4.79 Å². The third kappa shape index (κ3) is 1.21. The molecule has 0 bridgehead atoms. The molecule has 0 saturated carbocycles. The van der Waals surface area contributed by atoms with Gasteiger partial charge in [0.25, 0.3) is 0 Å². The van der Waals surface area contributed by atoms with Gasteiger partial charge in [-0.3, -0.25) is 0 Å². The van der Waals surface area contributed by atoms with Crippen LogP contribution in [0.2, 0.25) is 0 Å². The molecule has 0 aromatic rings. The fourth-order valence-corrected chi connectivity index (χ4v) is 1.20. The summed E-state index contributed by atoms with van der Waals surface area (Å²) in [6.45, 7) is 3.00. The molecule has 11 heavy (non-hydrogen) atoms.